The van der Waals surface area contributed by atoms with Crippen LogP contribution in [-0.2, 0) is 9.47 Å². The van der Waals surface area contributed by atoms with E-state index in [4.69, 9.17) is 13.9 Å². The molecule has 0 amide bonds. The second-order valence-electron chi connectivity index (χ2n) is 4.16. The highest BCUT2D eigenvalue weighted by Crippen LogP contribution is 2.29. The van der Waals surface area contributed by atoms with E-state index < -0.39 is 22.7 Å². The Balaban J connectivity index is 2.52. The maximum Gasteiger partial charge on any atom is 0.433 e. The van der Waals surface area contributed by atoms with Gasteiger partial charge in [0.15, 0.2) is 11.5 Å². The van der Waals surface area contributed by atoms with Crippen LogP contribution in [0, 0.1) is 10.1 Å². The molecule has 2 aromatic rings. The van der Waals surface area contributed by atoms with E-state index in [0.29, 0.717) is 0 Å². The largest absolute Gasteiger partial charge is 0.462 e. The van der Waals surface area contributed by atoms with Crippen molar-refractivity contribution in [1.82, 2.24) is 10.2 Å². The summed E-state index contributed by atoms with van der Waals surface area (Å²) in [6.07, 6.45) is 0. The number of furan rings is 1. The summed E-state index contributed by atoms with van der Waals surface area (Å²) in [6, 6.07) is 2.38. The molecule has 23 heavy (non-hydrogen) atoms. The van der Waals surface area contributed by atoms with E-state index in [9.17, 15) is 19.7 Å². The van der Waals surface area contributed by atoms with Crippen LogP contribution in [0.25, 0.3) is 11.5 Å². The number of rotatable bonds is 6. The first kappa shape index (κ1) is 16.2. The van der Waals surface area contributed by atoms with Gasteiger partial charge in [-0.15, -0.1) is 0 Å². The van der Waals surface area contributed by atoms with Crippen molar-refractivity contribution >= 4 is 17.8 Å². The number of carbonyl (C=O) groups is 2. The van der Waals surface area contributed by atoms with E-state index in [1.165, 1.54) is 6.07 Å². The highest BCUT2D eigenvalue weighted by molar-refractivity contribution is 6.05. The average molecular weight is 323 g/mol. The molecule has 0 bridgehead atoms. The lowest BCUT2D eigenvalue weighted by molar-refractivity contribution is -0.401. The zero-order chi connectivity index (χ0) is 17.0. The first-order valence-corrected chi connectivity index (χ1v) is 6.66. The van der Waals surface area contributed by atoms with Gasteiger partial charge in [-0.1, -0.05) is 0 Å². The summed E-state index contributed by atoms with van der Waals surface area (Å²) in [5, 5.41) is 16.9. The maximum absolute atomic E-state index is 12.1. The number of carbonyl (C=O) groups excluding carboxylic acids is 2. The molecule has 0 saturated carbocycles. The minimum absolute atomic E-state index is 0.0495. The van der Waals surface area contributed by atoms with Crippen molar-refractivity contribution < 1.29 is 28.4 Å². The van der Waals surface area contributed by atoms with E-state index in [0.717, 1.165) is 6.07 Å². The summed E-state index contributed by atoms with van der Waals surface area (Å²) in [5.41, 5.74) is -0.478. The van der Waals surface area contributed by atoms with Crippen LogP contribution < -0.4 is 0 Å². The van der Waals surface area contributed by atoms with Crippen molar-refractivity contribution in [3.8, 4) is 11.5 Å². The van der Waals surface area contributed by atoms with Crippen molar-refractivity contribution in [2.45, 2.75) is 13.8 Å². The molecule has 2 aromatic heterocycles. The molecule has 10 heteroatoms. The Hall–Kier alpha value is -3.17. The third kappa shape index (κ3) is 3.20. The molecule has 0 unspecified atom stereocenters. The molecule has 0 atom stereocenters. The van der Waals surface area contributed by atoms with Crippen LogP contribution in [0.3, 0.4) is 0 Å². The lowest BCUT2D eigenvalue weighted by atomic mass is 10.1. The zero-order valence-electron chi connectivity index (χ0n) is 12.3. The van der Waals surface area contributed by atoms with Crippen molar-refractivity contribution in [2.75, 3.05) is 13.2 Å². The highest BCUT2D eigenvalue weighted by atomic mass is 16.6. The van der Waals surface area contributed by atoms with Crippen molar-refractivity contribution in [1.29, 1.82) is 0 Å². The van der Waals surface area contributed by atoms with Gasteiger partial charge in [0.2, 0.25) is 0 Å². The monoisotopic (exact) mass is 323 g/mol. The molecule has 0 radical (unpaired) electrons. The summed E-state index contributed by atoms with van der Waals surface area (Å²) >= 11 is 0. The minimum atomic E-state index is -0.821. The molecule has 0 aliphatic carbocycles. The quantitative estimate of drug-likeness (QED) is 0.483. The van der Waals surface area contributed by atoms with Crippen LogP contribution in [0.4, 0.5) is 5.88 Å². The molecule has 0 saturated heterocycles. The van der Waals surface area contributed by atoms with Gasteiger partial charge in [-0.3, -0.25) is 15.2 Å². The molecule has 10 nitrogen and oxygen atoms in total. The normalized spacial score (nSPS) is 10.3. The van der Waals surface area contributed by atoms with Crippen molar-refractivity contribution in [3.63, 3.8) is 0 Å². The third-order valence-electron chi connectivity index (χ3n) is 2.73. The van der Waals surface area contributed by atoms with E-state index in [2.05, 4.69) is 10.2 Å². The SMILES string of the molecule is CCOC(=O)c1[nH]nc(-c2ccc([N+](=O)[O-])o2)c1C(=O)OCC. The molecule has 0 aromatic carbocycles. The fraction of sp³-hybridized carbons (Fsp3) is 0.308. The van der Waals surface area contributed by atoms with Gasteiger partial charge >= 0.3 is 17.8 Å². The van der Waals surface area contributed by atoms with Gasteiger partial charge < -0.3 is 13.9 Å². The molecule has 2 heterocycles. The maximum atomic E-state index is 12.1. The van der Waals surface area contributed by atoms with Gasteiger partial charge in [-0.05, 0) is 19.9 Å². The Bertz CT molecular complexity index is 747. The predicted molar refractivity (Wildman–Crippen MR) is 74.9 cm³/mol. The second-order valence-corrected chi connectivity index (χ2v) is 4.16. The highest BCUT2D eigenvalue weighted by Gasteiger charge is 2.30. The van der Waals surface area contributed by atoms with Gasteiger partial charge in [-0.25, -0.2) is 9.59 Å². The third-order valence-corrected chi connectivity index (χ3v) is 2.73. The van der Waals surface area contributed by atoms with Crippen LogP contribution >= 0.6 is 0 Å². The summed E-state index contributed by atoms with van der Waals surface area (Å²) in [4.78, 5) is 34.0. The lowest BCUT2D eigenvalue weighted by Crippen LogP contribution is -2.13. The Labute approximate surface area is 129 Å². The summed E-state index contributed by atoms with van der Waals surface area (Å²) in [5.74, 6) is -2.18. The molecular formula is C13H13N3O7. The number of aromatic nitrogens is 2. The number of ether oxygens (including phenoxy) is 2. The molecule has 1 N–H and O–H groups in total. The number of nitrogens with one attached hydrogen (secondary N) is 1. The summed E-state index contributed by atoms with van der Waals surface area (Å²) < 4.78 is 14.7. The topological polar surface area (TPSA) is 138 Å². The smallest absolute Gasteiger partial charge is 0.433 e. The Morgan fingerprint density at radius 1 is 1.26 bits per heavy atom. The van der Waals surface area contributed by atoms with Gasteiger partial charge in [-0.2, -0.15) is 5.10 Å². The molecular weight excluding hydrogens is 310 g/mol. The second kappa shape index (κ2) is 6.73. The lowest BCUT2D eigenvalue weighted by Gasteiger charge is -2.04. The van der Waals surface area contributed by atoms with Gasteiger partial charge in [0.1, 0.15) is 16.2 Å². The Morgan fingerprint density at radius 3 is 2.48 bits per heavy atom. The number of hydrogen-bond donors (Lipinski definition) is 1. The molecule has 0 aliphatic rings. The zero-order valence-corrected chi connectivity index (χ0v) is 12.3. The van der Waals surface area contributed by atoms with E-state index >= 15 is 0 Å². The number of nitro groups is 1. The number of H-pyrrole nitrogens is 1. The van der Waals surface area contributed by atoms with Crippen LogP contribution in [0.15, 0.2) is 16.5 Å². The van der Waals surface area contributed by atoms with Gasteiger partial charge in [0.05, 0.1) is 19.3 Å². The fourth-order valence-electron chi connectivity index (χ4n) is 1.83. The molecule has 2 rings (SSSR count). The van der Waals surface area contributed by atoms with E-state index in [1.54, 1.807) is 13.8 Å². The molecule has 0 fully saturated rings. The standard InChI is InChI=1S/C13H13N3O7/c1-3-21-12(17)9-10(7-5-6-8(23-7)16(19)20)14-15-11(9)13(18)22-4-2/h5-6H,3-4H2,1-2H3,(H,14,15). The van der Waals surface area contributed by atoms with Crippen LogP contribution in [0.1, 0.15) is 34.7 Å². The number of hydrogen-bond acceptors (Lipinski definition) is 8. The molecule has 0 aliphatic heterocycles. The first-order valence-electron chi connectivity index (χ1n) is 6.66. The summed E-state index contributed by atoms with van der Waals surface area (Å²) in [6.45, 7) is 3.38. The van der Waals surface area contributed by atoms with Crippen molar-refractivity contribution in [2.24, 2.45) is 0 Å². The van der Waals surface area contributed by atoms with Gasteiger partial charge in [0.25, 0.3) is 0 Å². The molecule has 0 spiro atoms. The van der Waals surface area contributed by atoms with Crippen LogP contribution in [0.5, 0.6) is 0 Å². The predicted octanol–water partition coefficient (Wildman–Crippen LogP) is 1.93. The Kier molecular flexibility index (Phi) is 4.74. The fourth-order valence-corrected chi connectivity index (χ4v) is 1.83. The van der Waals surface area contributed by atoms with Crippen LogP contribution in [0.2, 0.25) is 0 Å². The van der Waals surface area contributed by atoms with Crippen LogP contribution in [-0.4, -0.2) is 40.3 Å². The average Bonchev–Trinajstić information content (AvgIpc) is 3.14. The molecule has 122 valence electrons. The number of nitrogens with zero attached hydrogens (tertiary/aromatic N) is 2. The first-order chi connectivity index (χ1) is 11.0. The number of esters is 2. The Morgan fingerprint density at radius 2 is 1.91 bits per heavy atom. The minimum Gasteiger partial charge on any atom is -0.462 e. The van der Waals surface area contributed by atoms with E-state index in [1.807, 2.05) is 0 Å². The van der Waals surface area contributed by atoms with Gasteiger partial charge in [0, 0.05) is 0 Å². The number of aromatic amines is 1. The van der Waals surface area contributed by atoms with E-state index in [-0.39, 0.29) is 35.9 Å². The summed E-state index contributed by atoms with van der Waals surface area (Å²) in [7, 11) is 0. The van der Waals surface area contributed by atoms with Crippen molar-refractivity contribution in [3.05, 3.63) is 33.5 Å².